The maximum absolute atomic E-state index is 13.6. The molecule has 0 aliphatic rings. The molecule has 0 heterocycles. The minimum atomic E-state index is -0.376. The topological polar surface area (TPSA) is 58.4 Å². The first kappa shape index (κ1) is 15.1. The van der Waals surface area contributed by atoms with Crippen molar-refractivity contribution in [2.75, 3.05) is 29.5 Å². The van der Waals surface area contributed by atoms with Crippen molar-refractivity contribution in [3.05, 3.63) is 53.3 Å². The number of hydrogen-bond acceptors (Lipinski definition) is 3. The zero-order chi connectivity index (χ0) is 15.4. The van der Waals surface area contributed by atoms with Gasteiger partial charge in [-0.05, 0) is 30.3 Å². The fourth-order valence-corrected chi connectivity index (χ4v) is 2.08. The van der Waals surface area contributed by atoms with Gasteiger partial charge >= 0.3 is 0 Å². The van der Waals surface area contributed by atoms with Crippen molar-refractivity contribution in [3.63, 3.8) is 0 Å². The molecule has 0 atom stereocenters. The van der Waals surface area contributed by atoms with Gasteiger partial charge in [0.15, 0.2) is 0 Å². The lowest BCUT2D eigenvalue weighted by molar-refractivity contribution is -0.114. The highest BCUT2D eigenvalue weighted by atomic mass is 35.5. The van der Waals surface area contributed by atoms with Gasteiger partial charge in [0.05, 0.1) is 23.6 Å². The van der Waals surface area contributed by atoms with Crippen LogP contribution in [0.1, 0.15) is 0 Å². The normalized spacial score (nSPS) is 10.2. The molecule has 0 saturated carbocycles. The number of nitrogens with two attached hydrogens (primary N) is 1. The van der Waals surface area contributed by atoms with Crippen LogP contribution in [-0.4, -0.2) is 19.5 Å². The van der Waals surface area contributed by atoms with E-state index in [-0.39, 0.29) is 18.3 Å². The molecule has 0 saturated heterocycles. The Morgan fingerprint density at radius 3 is 2.71 bits per heavy atom. The summed E-state index contributed by atoms with van der Waals surface area (Å²) in [5.74, 6) is -0.673. The highest BCUT2D eigenvalue weighted by molar-refractivity contribution is 6.31. The SMILES string of the molecule is CN(CC(=O)Nc1ccc(Cl)cc1N)c1ccccc1F. The number of nitrogen functional groups attached to an aromatic ring is 1. The number of amides is 1. The molecule has 2 rings (SSSR count). The van der Waals surface area contributed by atoms with E-state index < -0.39 is 0 Å². The van der Waals surface area contributed by atoms with Gasteiger partial charge in [-0.15, -0.1) is 0 Å². The molecule has 0 aliphatic carbocycles. The number of hydrogen-bond donors (Lipinski definition) is 2. The van der Waals surface area contributed by atoms with E-state index in [1.807, 2.05) is 0 Å². The molecule has 0 fully saturated rings. The van der Waals surface area contributed by atoms with Crippen molar-refractivity contribution in [3.8, 4) is 0 Å². The van der Waals surface area contributed by atoms with Gasteiger partial charge in [-0.25, -0.2) is 4.39 Å². The number of rotatable bonds is 4. The number of nitrogens with one attached hydrogen (secondary N) is 1. The number of benzene rings is 2. The second-order valence-corrected chi connectivity index (χ2v) is 5.02. The first-order chi connectivity index (χ1) is 9.97. The molecular weight excluding hydrogens is 293 g/mol. The number of para-hydroxylation sites is 1. The van der Waals surface area contributed by atoms with E-state index >= 15 is 0 Å². The molecule has 0 unspecified atom stereocenters. The van der Waals surface area contributed by atoms with Gasteiger partial charge in [-0.2, -0.15) is 0 Å². The fourth-order valence-electron chi connectivity index (χ4n) is 1.90. The molecule has 6 heteroatoms. The third-order valence-electron chi connectivity index (χ3n) is 2.93. The van der Waals surface area contributed by atoms with Crippen molar-refractivity contribution >= 4 is 34.6 Å². The van der Waals surface area contributed by atoms with Crippen LogP contribution in [0.3, 0.4) is 0 Å². The number of halogens is 2. The Morgan fingerprint density at radius 1 is 1.33 bits per heavy atom. The van der Waals surface area contributed by atoms with E-state index in [1.165, 1.54) is 11.0 Å². The molecular formula is C15H15ClFN3O. The Labute approximate surface area is 127 Å². The van der Waals surface area contributed by atoms with Crippen molar-refractivity contribution < 1.29 is 9.18 Å². The summed E-state index contributed by atoms with van der Waals surface area (Å²) in [5, 5.41) is 3.17. The van der Waals surface area contributed by atoms with Crippen molar-refractivity contribution in [2.45, 2.75) is 0 Å². The number of anilines is 3. The summed E-state index contributed by atoms with van der Waals surface area (Å²) >= 11 is 5.79. The molecule has 3 N–H and O–H groups in total. The highest BCUT2D eigenvalue weighted by Gasteiger charge is 2.12. The van der Waals surface area contributed by atoms with Gasteiger partial charge in [0.1, 0.15) is 5.82 Å². The van der Waals surface area contributed by atoms with Gasteiger partial charge in [0, 0.05) is 12.1 Å². The molecule has 2 aromatic rings. The molecule has 4 nitrogen and oxygen atoms in total. The van der Waals surface area contributed by atoms with E-state index in [0.717, 1.165) is 0 Å². The quantitative estimate of drug-likeness (QED) is 0.853. The molecule has 0 aliphatic heterocycles. The van der Waals surface area contributed by atoms with Crippen LogP contribution in [0.2, 0.25) is 5.02 Å². The summed E-state index contributed by atoms with van der Waals surface area (Å²) in [6.45, 7) is 0.00298. The van der Waals surface area contributed by atoms with Crippen molar-refractivity contribution in [1.82, 2.24) is 0 Å². The van der Waals surface area contributed by atoms with E-state index in [9.17, 15) is 9.18 Å². The summed E-state index contributed by atoms with van der Waals surface area (Å²) in [5.41, 5.74) is 6.98. The summed E-state index contributed by atoms with van der Waals surface area (Å²) in [6.07, 6.45) is 0. The Bertz CT molecular complexity index is 663. The fraction of sp³-hybridized carbons (Fsp3) is 0.133. The smallest absolute Gasteiger partial charge is 0.243 e. The van der Waals surface area contributed by atoms with Crippen LogP contribution < -0.4 is 16.0 Å². The minimum Gasteiger partial charge on any atom is -0.397 e. The number of carbonyl (C=O) groups excluding carboxylic acids is 1. The van der Waals surface area contributed by atoms with E-state index in [2.05, 4.69) is 5.32 Å². The first-order valence-electron chi connectivity index (χ1n) is 6.28. The van der Waals surface area contributed by atoms with Crippen LogP contribution in [0, 0.1) is 5.82 Å². The second kappa shape index (κ2) is 6.45. The Balaban J connectivity index is 2.03. The Hall–Kier alpha value is -2.27. The molecule has 1 amide bonds. The Morgan fingerprint density at radius 2 is 2.05 bits per heavy atom. The molecule has 0 spiro atoms. The molecule has 21 heavy (non-hydrogen) atoms. The minimum absolute atomic E-state index is 0.00298. The maximum atomic E-state index is 13.6. The lowest BCUT2D eigenvalue weighted by Crippen LogP contribution is -2.30. The van der Waals surface area contributed by atoms with Crippen LogP contribution >= 0.6 is 11.6 Å². The Kier molecular flexibility index (Phi) is 4.65. The maximum Gasteiger partial charge on any atom is 0.243 e. The lowest BCUT2D eigenvalue weighted by Gasteiger charge is -2.19. The molecule has 2 aromatic carbocycles. The van der Waals surface area contributed by atoms with Crippen LogP contribution in [0.15, 0.2) is 42.5 Å². The van der Waals surface area contributed by atoms with Crippen molar-refractivity contribution in [2.24, 2.45) is 0 Å². The number of nitrogens with zero attached hydrogens (tertiary/aromatic N) is 1. The largest absolute Gasteiger partial charge is 0.397 e. The average Bonchev–Trinajstić information content (AvgIpc) is 2.42. The van der Waals surface area contributed by atoms with Crippen molar-refractivity contribution in [1.29, 1.82) is 0 Å². The van der Waals surface area contributed by atoms with Gasteiger partial charge < -0.3 is 16.0 Å². The second-order valence-electron chi connectivity index (χ2n) is 4.59. The number of carbonyl (C=O) groups is 1. The third kappa shape index (κ3) is 3.86. The highest BCUT2D eigenvalue weighted by Crippen LogP contribution is 2.23. The predicted molar refractivity (Wildman–Crippen MR) is 84.2 cm³/mol. The summed E-state index contributed by atoms with van der Waals surface area (Å²) in [6, 6.07) is 11.1. The zero-order valence-electron chi connectivity index (χ0n) is 11.4. The van der Waals surface area contributed by atoms with Gasteiger partial charge in [-0.1, -0.05) is 23.7 Å². The lowest BCUT2D eigenvalue weighted by atomic mass is 10.2. The monoisotopic (exact) mass is 307 g/mol. The standard InChI is InChI=1S/C15H15ClFN3O/c1-20(14-5-3-2-4-11(14)17)9-15(21)19-13-7-6-10(16)8-12(13)18/h2-8H,9,18H2,1H3,(H,19,21). The predicted octanol–water partition coefficient (Wildman–Crippen LogP) is 3.14. The van der Waals surface area contributed by atoms with E-state index in [0.29, 0.717) is 22.1 Å². The van der Waals surface area contributed by atoms with Crippen LogP contribution in [0.5, 0.6) is 0 Å². The molecule has 0 bridgehead atoms. The molecule has 0 radical (unpaired) electrons. The molecule has 0 aromatic heterocycles. The average molecular weight is 308 g/mol. The zero-order valence-corrected chi connectivity index (χ0v) is 12.2. The summed E-state index contributed by atoms with van der Waals surface area (Å²) in [4.78, 5) is 13.5. The van der Waals surface area contributed by atoms with E-state index in [1.54, 1.807) is 43.4 Å². The molecule has 110 valence electrons. The van der Waals surface area contributed by atoms with Crippen LogP contribution in [-0.2, 0) is 4.79 Å². The van der Waals surface area contributed by atoms with Gasteiger partial charge in [-0.3, -0.25) is 4.79 Å². The van der Waals surface area contributed by atoms with E-state index in [4.69, 9.17) is 17.3 Å². The van der Waals surface area contributed by atoms with Gasteiger partial charge in [0.25, 0.3) is 0 Å². The van der Waals surface area contributed by atoms with Crippen LogP contribution in [0.4, 0.5) is 21.5 Å². The summed E-state index contributed by atoms with van der Waals surface area (Å²) < 4.78 is 13.6. The summed E-state index contributed by atoms with van der Waals surface area (Å²) in [7, 11) is 1.64. The van der Waals surface area contributed by atoms with Crippen LogP contribution in [0.25, 0.3) is 0 Å². The first-order valence-corrected chi connectivity index (χ1v) is 6.65. The third-order valence-corrected chi connectivity index (χ3v) is 3.17. The van der Waals surface area contributed by atoms with Gasteiger partial charge in [0.2, 0.25) is 5.91 Å². The number of likely N-dealkylation sites (N-methyl/N-ethyl adjacent to an activating group) is 1.